The number of methoxy groups -OCH3 is 1. The molecule has 0 heterocycles. The first-order valence-electron chi connectivity index (χ1n) is 8.75. The van der Waals surface area contributed by atoms with Crippen LogP contribution in [0.5, 0.6) is 11.5 Å². The third-order valence-electron chi connectivity index (χ3n) is 4.04. The van der Waals surface area contributed by atoms with Gasteiger partial charge in [-0.15, -0.1) is 0 Å². The van der Waals surface area contributed by atoms with E-state index in [1.165, 1.54) is 13.2 Å². The lowest BCUT2D eigenvalue weighted by Gasteiger charge is -2.18. The molecule has 2 aromatic carbocycles. The van der Waals surface area contributed by atoms with Gasteiger partial charge in [-0.05, 0) is 44.2 Å². The highest BCUT2D eigenvalue weighted by atomic mass is 19.1. The number of ether oxygens (including phenoxy) is 2. The Morgan fingerprint density at radius 3 is 2.58 bits per heavy atom. The van der Waals surface area contributed by atoms with Crippen molar-refractivity contribution in [2.24, 2.45) is 0 Å². The van der Waals surface area contributed by atoms with Gasteiger partial charge in [0.1, 0.15) is 12.3 Å². The molecule has 0 aliphatic carbocycles. The Morgan fingerprint density at radius 1 is 1.15 bits per heavy atom. The highest BCUT2D eigenvalue weighted by Gasteiger charge is 2.16. The standard InChI is InChI=1S/C20H25FN2O3/c1-4-23(13-15-10-11-18(25-3)16(21)12-15)14-20(24)22-17-8-6-7-9-19(17)26-5-2/h6-12H,4-5,13-14H2,1-3H3,(H,22,24)/p+1. The SMILES string of the molecule is CCOc1ccccc1NC(=O)C[NH+](CC)Cc1ccc(OC)c(F)c1. The van der Waals surface area contributed by atoms with Crippen LogP contribution in [0.15, 0.2) is 42.5 Å². The number of carbonyl (C=O) groups excluding carboxylic acids is 1. The molecule has 0 aliphatic rings. The van der Waals surface area contributed by atoms with Crippen LogP contribution in [0.4, 0.5) is 10.1 Å². The number of halogens is 1. The van der Waals surface area contributed by atoms with Crippen LogP contribution >= 0.6 is 0 Å². The Kier molecular flexibility index (Phi) is 7.41. The second kappa shape index (κ2) is 9.77. The van der Waals surface area contributed by atoms with E-state index < -0.39 is 5.82 Å². The minimum absolute atomic E-state index is 0.108. The molecule has 0 aromatic heterocycles. The number of hydrogen-bond donors (Lipinski definition) is 2. The number of hydrogen-bond acceptors (Lipinski definition) is 3. The van der Waals surface area contributed by atoms with Gasteiger partial charge in [0, 0.05) is 5.56 Å². The fraction of sp³-hybridized carbons (Fsp3) is 0.350. The van der Waals surface area contributed by atoms with Crippen LogP contribution in [0.1, 0.15) is 19.4 Å². The summed E-state index contributed by atoms with van der Waals surface area (Å²) in [4.78, 5) is 13.4. The first-order chi connectivity index (χ1) is 12.6. The molecule has 140 valence electrons. The molecule has 2 N–H and O–H groups in total. The summed E-state index contributed by atoms with van der Waals surface area (Å²) in [6, 6.07) is 12.2. The number of likely N-dealkylation sites (N-methyl/N-ethyl adjacent to an activating group) is 1. The van der Waals surface area contributed by atoms with Crippen LogP contribution in [0.25, 0.3) is 0 Å². The van der Waals surface area contributed by atoms with Crippen LogP contribution in [-0.2, 0) is 11.3 Å². The highest BCUT2D eigenvalue weighted by Crippen LogP contribution is 2.23. The van der Waals surface area contributed by atoms with Gasteiger partial charge in [0.25, 0.3) is 5.91 Å². The van der Waals surface area contributed by atoms with Crippen LogP contribution in [-0.4, -0.2) is 32.7 Å². The van der Waals surface area contributed by atoms with Gasteiger partial charge in [0.05, 0.1) is 25.9 Å². The number of benzene rings is 2. The van der Waals surface area contributed by atoms with E-state index in [0.717, 1.165) is 17.0 Å². The zero-order valence-corrected chi connectivity index (χ0v) is 15.5. The molecule has 0 saturated carbocycles. The zero-order valence-electron chi connectivity index (χ0n) is 15.5. The van der Waals surface area contributed by atoms with E-state index in [9.17, 15) is 9.18 Å². The quantitative estimate of drug-likeness (QED) is 0.720. The molecule has 26 heavy (non-hydrogen) atoms. The monoisotopic (exact) mass is 361 g/mol. The van der Waals surface area contributed by atoms with Crippen molar-refractivity contribution in [3.05, 3.63) is 53.8 Å². The van der Waals surface area contributed by atoms with Gasteiger partial charge < -0.3 is 19.7 Å². The van der Waals surface area contributed by atoms with Crippen molar-refractivity contribution in [2.45, 2.75) is 20.4 Å². The van der Waals surface area contributed by atoms with Crippen LogP contribution in [0, 0.1) is 5.82 Å². The van der Waals surface area contributed by atoms with E-state index in [2.05, 4.69) is 5.32 Å². The highest BCUT2D eigenvalue weighted by molar-refractivity contribution is 5.92. The molecule has 0 bridgehead atoms. The Balaban J connectivity index is 1.99. The van der Waals surface area contributed by atoms with Gasteiger partial charge in [-0.3, -0.25) is 4.79 Å². The second-order valence-electron chi connectivity index (χ2n) is 5.90. The smallest absolute Gasteiger partial charge is 0.279 e. The number of para-hydroxylation sites is 2. The minimum atomic E-state index is -0.393. The summed E-state index contributed by atoms with van der Waals surface area (Å²) in [7, 11) is 1.44. The fourth-order valence-corrected chi connectivity index (χ4v) is 2.69. The Bertz CT molecular complexity index is 737. The Hall–Kier alpha value is -2.60. The van der Waals surface area contributed by atoms with Crippen LogP contribution in [0.3, 0.4) is 0 Å². The van der Waals surface area contributed by atoms with E-state index in [1.807, 2.05) is 44.2 Å². The summed E-state index contributed by atoms with van der Waals surface area (Å²) in [5, 5.41) is 2.90. The lowest BCUT2D eigenvalue weighted by molar-refractivity contribution is -0.903. The third kappa shape index (κ3) is 5.46. The lowest BCUT2D eigenvalue weighted by Crippen LogP contribution is -3.11. The summed E-state index contributed by atoms with van der Waals surface area (Å²) in [5.41, 5.74) is 1.48. The molecule has 1 amide bonds. The van der Waals surface area contributed by atoms with Crippen molar-refractivity contribution in [1.82, 2.24) is 0 Å². The van der Waals surface area contributed by atoms with Crippen molar-refractivity contribution in [3.8, 4) is 11.5 Å². The maximum absolute atomic E-state index is 13.8. The molecule has 2 rings (SSSR count). The number of rotatable bonds is 9. The van der Waals surface area contributed by atoms with Gasteiger partial charge in [-0.1, -0.05) is 12.1 Å². The minimum Gasteiger partial charge on any atom is -0.494 e. The summed E-state index contributed by atoms with van der Waals surface area (Å²) in [6.07, 6.45) is 0. The summed E-state index contributed by atoms with van der Waals surface area (Å²) < 4.78 is 24.3. The molecule has 0 spiro atoms. The predicted octanol–water partition coefficient (Wildman–Crippen LogP) is 2.28. The van der Waals surface area contributed by atoms with Crippen molar-refractivity contribution >= 4 is 11.6 Å². The average Bonchev–Trinajstić information content (AvgIpc) is 2.63. The van der Waals surface area contributed by atoms with Crippen molar-refractivity contribution in [3.63, 3.8) is 0 Å². The third-order valence-corrected chi connectivity index (χ3v) is 4.04. The molecule has 2 aromatic rings. The molecular formula is C20H26FN2O3+. The first kappa shape index (κ1) is 19.7. The van der Waals surface area contributed by atoms with Crippen molar-refractivity contribution < 1.29 is 23.6 Å². The first-order valence-corrected chi connectivity index (χ1v) is 8.75. The van der Waals surface area contributed by atoms with E-state index in [0.29, 0.717) is 24.6 Å². The van der Waals surface area contributed by atoms with Gasteiger partial charge in [-0.2, -0.15) is 0 Å². The number of carbonyl (C=O) groups is 1. The van der Waals surface area contributed by atoms with Crippen molar-refractivity contribution in [1.29, 1.82) is 0 Å². The molecule has 0 radical (unpaired) electrons. The number of anilines is 1. The van der Waals surface area contributed by atoms with Gasteiger partial charge >= 0.3 is 0 Å². The van der Waals surface area contributed by atoms with Gasteiger partial charge in [0.2, 0.25) is 0 Å². The number of quaternary nitrogens is 1. The van der Waals surface area contributed by atoms with E-state index in [-0.39, 0.29) is 18.2 Å². The predicted molar refractivity (Wildman–Crippen MR) is 99.3 cm³/mol. The van der Waals surface area contributed by atoms with Crippen molar-refractivity contribution in [2.75, 3.05) is 32.1 Å². The Labute approximate surface area is 153 Å². The molecular weight excluding hydrogens is 335 g/mol. The molecule has 1 unspecified atom stereocenters. The average molecular weight is 361 g/mol. The molecule has 0 aliphatic heterocycles. The summed E-state index contributed by atoms with van der Waals surface area (Å²) >= 11 is 0. The Morgan fingerprint density at radius 2 is 1.92 bits per heavy atom. The maximum Gasteiger partial charge on any atom is 0.279 e. The zero-order chi connectivity index (χ0) is 18.9. The maximum atomic E-state index is 13.8. The molecule has 0 saturated heterocycles. The van der Waals surface area contributed by atoms with E-state index in [4.69, 9.17) is 9.47 Å². The lowest BCUT2D eigenvalue weighted by atomic mass is 10.2. The van der Waals surface area contributed by atoms with Crippen LogP contribution in [0.2, 0.25) is 0 Å². The molecule has 6 heteroatoms. The van der Waals surface area contributed by atoms with Crippen LogP contribution < -0.4 is 19.7 Å². The molecule has 1 atom stereocenters. The largest absolute Gasteiger partial charge is 0.494 e. The second-order valence-corrected chi connectivity index (χ2v) is 5.90. The summed E-state index contributed by atoms with van der Waals surface area (Å²) in [6.45, 7) is 6.01. The number of amides is 1. The topological polar surface area (TPSA) is 52.0 Å². The van der Waals surface area contributed by atoms with Gasteiger partial charge in [-0.25, -0.2) is 4.39 Å². The van der Waals surface area contributed by atoms with E-state index in [1.54, 1.807) is 6.07 Å². The van der Waals surface area contributed by atoms with Gasteiger partial charge in [0.15, 0.2) is 18.1 Å². The normalized spacial score (nSPS) is 11.7. The molecule has 5 nitrogen and oxygen atoms in total. The molecule has 0 fully saturated rings. The summed E-state index contributed by atoms with van der Waals surface area (Å²) in [5.74, 6) is 0.370. The van der Waals surface area contributed by atoms with E-state index >= 15 is 0 Å². The number of nitrogens with one attached hydrogen (secondary N) is 2. The fourth-order valence-electron chi connectivity index (χ4n) is 2.69.